The van der Waals surface area contributed by atoms with Gasteiger partial charge in [-0.1, -0.05) is 0 Å². The van der Waals surface area contributed by atoms with Crippen molar-refractivity contribution in [3.8, 4) is 0 Å². The maximum atomic E-state index is 14.6. The molecule has 4 rings (SSSR count). The molecule has 0 bridgehead atoms. The summed E-state index contributed by atoms with van der Waals surface area (Å²) in [5.41, 5.74) is -1.11. The second-order valence-corrected chi connectivity index (χ2v) is 9.93. The van der Waals surface area contributed by atoms with E-state index >= 15 is 0 Å². The number of ether oxygens (including phenoxy) is 1. The van der Waals surface area contributed by atoms with E-state index in [0.717, 1.165) is 25.7 Å². The number of thioether (sulfide) groups is 1. The van der Waals surface area contributed by atoms with Gasteiger partial charge in [0, 0.05) is 18.4 Å². The minimum absolute atomic E-state index is 0.00170. The topological polar surface area (TPSA) is 87.2 Å². The summed E-state index contributed by atoms with van der Waals surface area (Å²) < 4.78 is 34.3. The number of nitrogens with one attached hydrogen (secondary N) is 2. The van der Waals surface area contributed by atoms with Crippen molar-refractivity contribution in [1.29, 1.82) is 0 Å². The summed E-state index contributed by atoms with van der Waals surface area (Å²) in [5, 5.41) is 13.1. The number of benzene rings is 1. The number of rotatable bonds is 6. The molecule has 164 valence electrons. The zero-order valence-corrected chi connectivity index (χ0v) is 18.0. The largest absolute Gasteiger partial charge is 0.390 e. The van der Waals surface area contributed by atoms with Crippen molar-refractivity contribution in [2.24, 2.45) is 0 Å². The molecule has 0 unspecified atom stereocenters. The summed E-state index contributed by atoms with van der Waals surface area (Å²) in [6, 6.07) is 1.41. The van der Waals surface area contributed by atoms with Gasteiger partial charge in [-0.25, -0.2) is 13.8 Å². The lowest BCUT2D eigenvalue weighted by Gasteiger charge is -2.35. The Morgan fingerprint density at radius 3 is 2.70 bits per heavy atom. The van der Waals surface area contributed by atoms with Crippen molar-refractivity contribution >= 4 is 28.4 Å². The van der Waals surface area contributed by atoms with Gasteiger partial charge in [-0.15, -0.1) is 0 Å². The van der Waals surface area contributed by atoms with Crippen LogP contribution in [-0.2, 0) is 10.5 Å². The number of hydrogen-bond acceptors (Lipinski definition) is 6. The molecule has 1 aromatic heterocycles. The second kappa shape index (κ2) is 8.43. The Bertz CT molecular complexity index is 982. The van der Waals surface area contributed by atoms with Crippen molar-refractivity contribution in [2.45, 2.75) is 74.2 Å². The van der Waals surface area contributed by atoms with Crippen LogP contribution in [0.1, 0.15) is 51.3 Å². The smallest absolute Gasteiger partial charge is 0.261 e. The first-order chi connectivity index (χ1) is 14.3. The lowest BCUT2D eigenvalue weighted by Crippen LogP contribution is -2.40. The predicted molar refractivity (Wildman–Crippen MR) is 114 cm³/mol. The maximum absolute atomic E-state index is 14.6. The molecule has 0 radical (unpaired) electrons. The number of aromatic amines is 1. The predicted octanol–water partition coefficient (Wildman–Crippen LogP) is 3.72. The van der Waals surface area contributed by atoms with Gasteiger partial charge in [-0.3, -0.25) is 4.79 Å². The van der Waals surface area contributed by atoms with E-state index in [1.807, 2.05) is 6.92 Å². The fourth-order valence-corrected chi connectivity index (χ4v) is 5.23. The molecule has 3 N–H and O–H groups in total. The van der Waals surface area contributed by atoms with E-state index in [1.165, 1.54) is 6.07 Å². The van der Waals surface area contributed by atoms with E-state index in [0.29, 0.717) is 29.7 Å². The molecule has 0 spiro atoms. The molecular weight excluding hydrogens is 412 g/mol. The zero-order chi connectivity index (χ0) is 21.5. The van der Waals surface area contributed by atoms with Gasteiger partial charge in [-0.05, 0) is 51.5 Å². The molecule has 9 heteroatoms. The van der Waals surface area contributed by atoms with Crippen LogP contribution >= 0.6 is 11.8 Å². The molecule has 0 saturated heterocycles. The molecular formula is C21H27F2N3O3S. The zero-order valence-electron chi connectivity index (χ0n) is 17.1. The number of fused-ring (bicyclic) bond motifs is 1. The molecule has 0 aliphatic heterocycles. The van der Waals surface area contributed by atoms with Crippen LogP contribution in [0.5, 0.6) is 0 Å². The van der Waals surface area contributed by atoms with Crippen molar-refractivity contribution in [3.05, 3.63) is 33.9 Å². The van der Waals surface area contributed by atoms with Gasteiger partial charge in [0.25, 0.3) is 5.56 Å². The van der Waals surface area contributed by atoms with Crippen LogP contribution in [0.3, 0.4) is 0 Å². The third-order valence-electron chi connectivity index (χ3n) is 6.18. The van der Waals surface area contributed by atoms with Crippen molar-refractivity contribution in [3.63, 3.8) is 0 Å². The molecule has 6 nitrogen and oxygen atoms in total. The molecule has 30 heavy (non-hydrogen) atoms. The monoisotopic (exact) mass is 439 g/mol. The van der Waals surface area contributed by atoms with E-state index in [2.05, 4.69) is 15.3 Å². The molecule has 0 amide bonds. The van der Waals surface area contributed by atoms with Gasteiger partial charge in [0.1, 0.15) is 11.2 Å². The van der Waals surface area contributed by atoms with Gasteiger partial charge in [0.2, 0.25) is 0 Å². The molecule has 2 fully saturated rings. The summed E-state index contributed by atoms with van der Waals surface area (Å²) in [5.74, 6) is -1.33. The molecule has 2 saturated carbocycles. The molecule has 1 heterocycles. The first-order valence-electron chi connectivity index (χ1n) is 10.3. The minimum Gasteiger partial charge on any atom is -0.390 e. The van der Waals surface area contributed by atoms with Gasteiger partial charge in [0.15, 0.2) is 11.6 Å². The van der Waals surface area contributed by atoms with Crippen LogP contribution in [0.2, 0.25) is 0 Å². The Morgan fingerprint density at radius 1 is 1.33 bits per heavy atom. The number of aromatic nitrogens is 2. The summed E-state index contributed by atoms with van der Waals surface area (Å²) in [4.78, 5) is 19.4. The minimum atomic E-state index is -1.18. The van der Waals surface area contributed by atoms with Gasteiger partial charge in [-0.2, -0.15) is 11.8 Å². The number of aliphatic hydroxyl groups is 1. The van der Waals surface area contributed by atoms with Crippen LogP contribution in [0.25, 0.3) is 10.9 Å². The summed E-state index contributed by atoms with van der Waals surface area (Å²) in [6.45, 7) is 1.86. The van der Waals surface area contributed by atoms with Crippen LogP contribution in [0.15, 0.2) is 10.9 Å². The van der Waals surface area contributed by atoms with Gasteiger partial charge >= 0.3 is 0 Å². The van der Waals surface area contributed by atoms with Crippen LogP contribution in [0, 0.1) is 11.6 Å². The number of methoxy groups -OCH3 is 1. The highest BCUT2D eigenvalue weighted by Crippen LogP contribution is 2.35. The molecule has 1 aromatic carbocycles. The van der Waals surface area contributed by atoms with E-state index in [9.17, 15) is 18.7 Å². The first kappa shape index (κ1) is 21.5. The average Bonchev–Trinajstić information content (AvgIpc) is 2.66. The summed E-state index contributed by atoms with van der Waals surface area (Å²) >= 11 is 1.67. The second-order valence-electron chi connectivity index (χ2n) is 8.64. The highest BCUT2D eigenvalue weighted by atomic mass is 32.2. The lowest BCUT2D eigenvalue weighted by atomic mass is 9.86. The molecule has 2 aromatic rings. The number of nitrogens with zero attached hydrogens (tertiary/aromatic N) is 1. The Balaban J connectivity index is 1.51. The van der Waals surface area contributed by atoms with Gasteiger partial charge in [0.05, 0.1) is 28.7 Å². The maximum Gasteiger partial charge on any atom is 0.261 e. The molecule has 2 aliphatic rings. The third-order valence-corrected chi connectivity index (χ3v) is 7.56. The Morgan fingerprint density at radius 2 is 2.03 bits per heavy atom. The highest BCUT2D eigenvalue weighted by Gasteiger charge is 2.31. The SMILES string of the molecule is CO[C@H]1C[C@@H](Nc2cc3nc(CS[C@H]4CC[C@](C)(O)CC4)[nH]c(=O)c3c(F)c2F)C1. The average molecular weight is 440 g/mol. The highest BCUT2D eigenvalue weighted by molar-refractivity contribution is 7.99. The number of hydrogen-bond donors (Lipinski definition) is 3. The van der Waals surface area contributed by atoms with E-state index < -0.39 is 22.8 Å². The number of H-pyrrole nitrogens is 1. The fourth-order valence-electron chi connectivity index (χ4n) is 4.13. The lowest BCUT2D eigenvalue weighted by molar-refractivity contribution is 0.0240. The van der Waals surface area contributed by atoms with E-state index in [4.69, 9.17) is 4.74 Å². The summed E-state index contributed by atoms with van der Waals surface area (Å²) in [6.07, 6.45) is 4.85. The van der Waals surface area contributed by atoms with Gasteiger partial charge < -0.3 is 20.1 Å². The Hall–Kier alpha value is -1.71. The number of anilines is 1. The standard InChI is InChI=1S/C21H27F2N3O3S/c1-21(28)5-3-13(4-6-21)30-10-16-25-14-9-15(24-11-7-12(8-11)29-2)18(22)19(23)17(14)20(27)26-16/h9,11-13,24,28H,3-8,10H2,1-2H3,(H,25,26,27)/t11-,12+,13-,21-. The van der Waals surface area contributed by atoms with E-state index in [1.54, 1.807) is 18.9 Å². The first-order valence-corrected chi connectivity index (χ1v) is 11.3. The Kier molecular flexibility index (Phi) is 6.05. The van der Waals surface area contributed by atoms with Crippen molar-refractivity contribution in [2.75, 3.05) is 12.4 Å². The molecule has 0 atom stereocenters. The Labute approximate surface area is 177 Å². The normalized spacial score (nSPS) is 29.0. The van der Waals surface area contributed by atoms with Crippen LogP contribution in [0.4, 0.5) is 14.5 Å². The number of halogens is 2. The van der Waals surface area contributed by atoms with E-state index in [-0.39, 0.29) is 28.7 Å². The summed E-state index contributed by atoms with van der Waals surface area (Å²) in [7, 11) is 1.63. The van der Waals surface area contributed by atoms with Crippen molar-refractivity contribution < 1.29 is 18.6 Å². The van der Waals surface area contributed by atoms with Crippen LogP contribution < -0.4 is 10.9 Å². The van der Waals surface area contributed by atoms with Crippen molar-refractivity contribution in [1.82, 2.24) is 9.97 Å². The quantitative estimate of drug-likeness (QED) is 0.636. The third kappa shape index (κ3) is 4.48. The fraction of sp³-hybridized carbons (Fsp3) is 0.619. The van der Waals surface area contributed by atoms with Crippen LogP contribution in [-0.4, -0.2) is 45.2 Å². The molecule has 2 aliphatic carbocycles.